The molecule has 1 atom stereocenters. The van der Waals surface area contributed by atoms with Gasteiger partial charge >= 0.3 is 0 Å². The summed E-state index contributed by atoms with van der Waals surface area (Å²) >= 11 is 0. The molecule has 1 fully saturated rings. The van der Waals surface area contributed by atoms with Gasteiger partial charge in [0.05, 0.1) is 30.5 Å². The first-order chi connectivity index (χ1) is 8.43. The van der Waals surface area contributed by atoms with Crippen LogP contribution in [-0.4, -0.2) is 30.4 Å². The molecule has 0 unspecified atom stereocenters. The fourth-order valence-electron chi connectivity index (χ4n) is 2.43. The van der Waals surface area contributed by atoms with Crippen molar-refractivity contribution in [1.29, 1.82) is 0 Å². The first-order valence-electron chi connectivity index (χ1n) is 6.25. The standard InChI is InChI=1S/C14H20FNO2/c1-10(17)11-5-4-6-12(15)13(11)16-7-8-18-9-14(16,2)3/h4-6,10,17H,7-9H2,1-3H3/t10-/m1/s1. The van der Waals surface area contributed by atoms with E-state index in [1.807, 2.05) is 18.7 Å². The van der Waals surface area contributed by atoms with E-state index >= 15 is 0 Å². The monoisotopic (exact) mass is 253 g/mol. The van der Waals surface area contributed by atoms with Gasteiger partial charge in [0.15, 0.2) is 0 Å². The molecule has 0 aromatic heterocycles. The minimum absolute atomic E-state index is 0.274. The van der Waals surface area contributed by atoms with Gasteiger partial charge in [0.25, 0.3) is 0 Å². The van der Waals surface area contributed by atoms with Gasteiger partial charge in [0, 0.05) is 12.1 Å². The van der Waals surface area contributed by atoms with Crippen molar-refractivity contribution in [2.45, 2.75) is 32.4 Å². The highest BCUT2D eigenvalue weighted by Gasteiger charge is 2.34. The third-order valence-corrected chi connectivity index (χ3v) is 3.38. The molecule has 0 spiro atoms. The van der Waals surface area contributed by atoms with E-state index in [2.05, 4.69) is 0 Å². The van der Waals surface area contributed by atoms with Crippen LogP contribution in [0.25, 0.3) is 0 Å². The lowest BCUT2D eigenvalue weighted by molar-refractivity contribution is 0.0635. The average molecular weight is 253 g/mol. The quantitative estimate of drug-likeness (QED) is 0.879. The van der Waals surface area contributed by atoms with Crippen LogP contribution in [0.5, 0.6) is 0 Å². The predicted molar refractivity (Wildman–Crippen MR) is 69.3 cm³/mol. The molecule has 0 radical (unpaired) electrons. The molecule has 100 valence electrons. The maximum absolute atomic E-state index is 14.1. The molecular weight excluding hydrogens is 233 g/mol. The SMILES string of the molecule is C[C@@H](O)c1cccc(F)c1N1CCOCC1(C)C. The number of nitrogens with zero attached hydrogens (tertiary/aromatic N) is 1. The fourth-order valence-corrected chi connectivity index (χ4v) is 2.43. The molecule has 1 aromatic rings. The molecule has 1 aliphatic rings. The van der Waals surface area contributed by atoms with Gasteiger partial charge in [-0.2, -0.15) is 0 Å². The Balaban J connectivity index is 2.49. The van der Waals surface area contributed by atoms with Crippen molar-refractivity contribution in [3.05, 3.63) is 29.6 Å². The summed E-state index contributed by atoms with van der Waals surface area (Å²) in [5.74, 6) is -0.289. The van der Waals surface area contributed by atoms with Gasteiger partial charge in [0.1, 0.15) is 5.82 Å². The number of hydrogen-bond donors (Lipinski definition) is 1. The molecule has 0 saturated carbocycles. The van der Waals surface area contributed by atoms with Crippen molar-refractivity contribution in [1.82, 2.24) is 0 Å². The van der Waals surface area contributed by atoms with E-state index in [4.69, 9.17) is 4.74 Å². The number of benzene rings is 1. The van der Waals surface area contributed by atoms with Gasteiger partial charge in [-0.05, 0) is 26.8 Å². The first-order valence-corrected chi connectivity index (χ1v) is 6.25. The molecule has 1 heterocycles. The van der Waals surface area contributed by atoms with Crippen molar-refractivity contribution >= 4 is 5.69 Å². The largest absolute Gasteiger partial charge is 0.389 e. The number of morpholine rings is 1. The van der Waals surface area contributed by atoms with Crippen LogP contribution in [-0.2, 0) is 4.74 Å². The van der Waals surface area contributed by atoms with Crippen molar-refractivity contribution in [3.8, 4) is 0 Å². The fraction of sp³-hybridized carbons (Fsp3) is 0.571. The van der Waals surface area contributed by atoms with Crippen LogP contribution in [0.15, 0.2) is 18.2 Å². The van der Waals surface area contributed by atoms with Crippen LogP contribution in [0.2, 0.25) is 0 Å². The van der Waals surface area contributed by atoms with Crippen LogP contribution < -0.4 is 4.90 Å². The summed E-state index contributed by atoms with van der Waals surface area (Å²) in [7, 11) is 0. The lowest BCUT2D eigenvalue weighted by atomic mass is 9.98. The Morgan fingerprint density at radius 1 is 1.44 bits per heavy atom. The average Bonchev–Trinajstić information content (AvgIpc) is 2.29. The van der Waals surface area contributed by atoms with E-state index < -0.39 is 6.10 Å². The lowest BCUT2D eigenvalue weighted by Gasteiger charge is -2.44. The molecule has 2 rings (SSSR count). The third-order valence-electron chi connectivity index (χ3n) is 3.38. The molecule has 4 heteroatoms. The van der Waals surface area contributed by atoms with Crippen LogP contribution >= 0.6 is 0 Å². The Kier molecular flexibility index (Phi) is 3.59. The van der Waals surface area contributed by atoms with E-state index in [-0.39, 0.29) is 11.4 Å². The highest BCUT2D eigenvalue weighted by Crippen LogP contribution is 2.35. The topological polar surface area (TPSA) is 32.7 Å². The van der Waals surface area contributed by atoms with E-state index in [1.165, 1.54) is 6.07 Å². The maximum atomic E-state index is 14.1. The van der Waals surface area contributed by atoms with Crippen molar-refractivity contribution < 1.29 is 14.2 Å². The van der Waals surface area contributed by atoms with Crippen molar-refractivity contribution in [2.24, 2.45) is 0 Å². The second-order valence-corrected chi connectivity index (χ2v) is 5.37. The normalized spacial score (nSPS) is 20.8. The maximum Gasteiger partial charge on any atom is 0.146 e. The number of rotatable bonds is 2. The van der Waals surface area contributed by atoms with Gasteiger partial charge in [-0.25, -0.2) is 4.39 Å². The first kappa shape index (κ1) is 13.3. The molecule has 1 aliphatic heterocycles. The van der Waals surface area contributed by atoms with Gasteiger partial charge in [-0.3, -0.25) is 0 Å². The molecule has 18 heavy (non-hydrogen) atoms. The van der Waals surface area contributed by atoms with Gasteiger partial charge in [0.2, 0.25) is 0 Å². The van der Waals surface area contributed by atoms with Crippen LogP contribution in [0, 0.1) is 5.82 Å². The zero-order valence-corrected chi connectivity index (χ0v) is 11.1. The van der Waals surface area contributed by atoms with E-state index in [1.54, 1.807) is 19.1 Å². The summed E-state index contributed by atoms with van der Waals surface area (Å²) < 4.78 is 19.6. The zero-order valence-electron chi connectivity index (χ0n) is 11.1. The molecule has 1 aromatic carbocycles. The molecule has 0 bridgehead atoms. The molecular formula is C14H20FNO2. The molecule has 0 amide bonds. The Morgan fingerprint density at radius 2 is 2.17 bits per heavy atom. The summed E-state index contributed by atoms with van der Waals surface area (Å²) in [5, 5.41) is 9.81. The second-order valence-electron chi connectivity index (χ2n) is 5.37. The minimum Gasteiger partial charge on any atom is -0.389 e. The lowest BCUT2D eigenvalue weighted by Crippen LogP contribution is -2.53. The van der Waals surface area contributed by atoms with Crippen molar-refractivity contribution in [3.63, 3.8) is 0 Å². The number of para-hydroxylation sites is 1. The van der Waals surface area contributed by atoms with Gasteiger partial charge in [-0.1, -0.05) is 12.1 Å². The molecule has 0 aliphatic carbocycles. The number of aliphatic hydroxyl groups is 1. The summed E-state index contributed by atoms with van der Waals surface area (Å²) in [6.07, 6.45) is -0.686. The van der Waals surface area contributed by atoms with E-state index in [0.717, 1.165) is 0 Å². The highest BCUT2D eigenvalue weighted by atomic mass is 19.1. The predicted octanol–water partition coefficient (Wildman–Crippen LogP) is 2.49. The smallest absolute Gasteiger partial charge is 0.146 e. The Morgan fingerprint density at radius 3 is 2.78 bits per heavy atom. The highest BCUT2D eigenvalue weighted by molar-refractivity contribution is 5.58. The minimum atomic E-state index is -0.686. The summed E-state index contributed by atoms with van der Waals surface area (Å²) in [4.78, 5) is 1.99. The Labute approximate surface area is 107 Å². The van der Waals surface area contributed by atoms with Crippen molar-refractivity contribution in [2.75, 3.05) is 24.7 Å². The number of halogens is 1. The van der Waals surface area contributed by atoms with E-state index in [9.17, 15) is 9.50 Å². The van der Waals surface area contributed by atoms with E-state index in [0.29, 0.717) is 31.0 Å². The van der Waals surface area contributed by atoms with Crippen LogP contribution in [0.3, 0.4) is 0 Å². The number of ether oxygens (including phenoxy) is 1. The van der Waals surface area contributed by atoms with Crippen LogP contribution in [0.4, 0.5) is 10.1 Å². The molecule has 3 nitrogen and oxygen atoms in total. The summed E-state index contributed by atoms with van der Waals surface area (Å²) in [6.45, 7) is 7.46. The summed E-state index contributed by atoms with van der Waals surface area (Å²) in [6, 6.07) is 4.84. The molecule has 1 saturated heterocycles. The van der Waals surface area contributed by atoms with Gasteiger partial charge < -0.3 is 14.7 Å². The number of hydrogen-bond acceptors (Lipinski definition) is 3. The van der Waals surface area contributed by atoms with Gasteiger partial charge in [-0.15, -0.1) is 0 Å². The molecule has 1 N–H and O–H groups in total. The number of aliphatic hydroxyl groups excluding tert-OH is 1. The Hall–Kier alpha value is -1.13. The Bertz CT molecular complexity index is 432. The zero-order chi connectivity index (χ0) is 13.3. The third kappa shape index (κ3) is 2.35. The summed E-state index contributed by atoms with van der Waals surface area (Å²) in [5.41, 5.74) is 0.857. The second kappa shape index (κ2) is 4.86. The van der Waals surface area contributed by atoms with Crippen LogP contribution in [0.1, 0.15) is 32.4 Å². The number of anilines is 1.